The van der Waals surface area contributed by atoms with Crippen LogP contribution in [-0.4, -0.2) is 47.8 Å². The Kier molecular flexibility index (Phi) is 5.12. The van der Waals surface area contributed by atoms with E-state index < -0.39 is 5.60 Å². The van der Waals surface area contributed by atoms with Gasteiger partial charge in [-0.3, -0.25) is 0 Å². The maximum Gasteiger partial charge on any atom is 0.129 e. The molecule has 1 aromatic heterocycles. The van der Waals surface area contributed by atoms with Crippen molar-refractivity contribution in [2.24, 2.45) is 5.92 Å². The van der Waals surface area contributed by atoms with Gasteiger partial charge in [-0.25, -0.2) is 4.98 Å². The third kappa shape index (κ3) is 4.31. The van der Waals surface area contributed by atoms with Gasteiger partial charge in [0, 0.05) is 25.6 Å². The Morgan fingerprint density at radius 1 is 1.43 bits per heavy atom. The van der Waals surface area contributed by atoms with E-state index in [1.807, 2.05) is 34.0 Å². The maximum atomic E-state index is 10.3. The lowest BCUT2D eigenvalue weighted by molar-refractivity contribution is 0.0110. The summed E-state index contributed by atoms with van der Waals surface area (Å²) in [4.78, 5) is 8.93. The summed E-state index contributed by atoms with van der Waals surface area (Å²) in [5.41, 5.74) is 1.51. The van der Waals surface area contributed by atoms with Crippen molar-refractivity contribution in [2.45, 2.75) is 38.8 Å². The van der Waals surface area contributed by atoms with Crippen LogP contribution in [0.15, 0.2) is 12.1 Å². The zero-order valence-corrected chi connectivity index (χ0v) is 14.2. The van der Waals surface area contributed by atoms with Crippen LogP contribution in [-0.2, 0) is 6.54 Å². The molecule has 1 N–H and O–H groups in total. The lowest BCUT2D eigenvalue weighted by Gasteiger charge is -2.40. The standard InChI is InChI=1S/C16H26ClN3O/c1-16(2,21)12-6-5-9-20(10-12)14-7-8-15(17)18-13(14)11-19(3)4/h7-8,12,21H,5-6,9-11H2,1-4H3. The molecule has 1 aromatic rings. The van der Waals surface area contributed by atoms with Gasteiger partial charge >= 0.3 is 0 Å². The molecule has 0 bridgehead atoms. The van der Waals surface area contributed by atoms with Crippen molar-refractivity contribution >= 4 is 17.3 Å². The molecule has 1 aliphatic heterocycles. The number of halogens is 1. The van der Waals surface area contributed by atoms with E-state index in [4.69, 9.17) is 11.6 Å². The summed E-state index contributed by atoms with van der Waals surface area (Å²) in [5, 5.41) is 10.8. The smallest absolute Gasteiger partial charge is 0.129 e. The second-order valence-electron chi connectivity index (χ2n) is 6.78. The molecule has 21 heavy (non-hydrogen) atoms. The fraction of sp³-hybridized carbons (Fsp3) is 0.688. The molecular weight excluding hydrogens is 286 g/mol. The first-order valence-corrected chi connectivity index (χ1v) is 7.92. The van der Waals surface area contributed by atoms with Gasteiger partial charge in [-0.2, -0.15) is 0 Å². The van der Waals surface area contributed by atoms with Crippen LogP contribution in [0.5, 0.6) is 0 Å². The quantitative estimate of drug-likeness (QED) is 0.868. The summed E-state index contributed by atoms with van der Waals surface area (Å²) in [5.74, 6) is 0.286. The van der Waals surface area contributed by atoms with Crippen LogP contribution < -0.4 is 4.90 Å². The minimum absolute atomic E-state index is 0.286. The third-order valence-corrected chi connectivity index (χ3v) is 4.35. The van der Waals surface area contributed by atoms with Gasteiger partial charge in [-0.05, 0) is 52.9 Å². The van der Waals surface area contributed by atoms with Crippen molar-refractivity contribution in [2.75, 3.05) is 32.1 Å². The minimum atomic E-state index is -0.639. The highest BCUT2D eigenvalue weighted by atomic mass is 35.5. The molecule has 5 heteroatoms. The molecule has 2 heterocycles. The molecule has 118 valence electrons. The van der Waals surface area contributed by atoms with E-state index in [2.05, 4.69) is 20.9 Å². The lowest BCUT2D eigenvalue weighted by Crippen LogP contribution is -2.45. The predicted octanol–water partition coefficient (Wildman–Crippen LogP) is 2.78. The molecule has 0 spiro atoms. The first-order chi connectivity index (χ1) is 9.77. The van der Waals surface area contributed by atoms with Crippen LogP contribution in [0.1, 0.15) is 32.4 Å². The Bertz CT molecular complexity index is 485. The SMILES string of the molecule is CN(C)Cc1nc(Cl)ccc1N1CCCC(C(C)(C)O)C1. The predicted molar refractivity (Wildman–Crippen MR) is 87.9 cm³/mol. The van der Waals surface area contributed by atoms with Crippen LogP contribution in [0.3, 0.4) is 0 Å². The molecule has 1 atom stereocenters. The molecule has 0 aliphatic carbocycles. The second kappa shape index (κ2) is 6.51. The fourth-order valence-corrected chi connectivity index (χ4v) is 3.11. The summed E-state index contributed by atoms with van der Waals surface area (Å²) < 4.78 is 0. The number of anilines is 1. The Hall–Kier alpha value is -0.840. The van der Waals surface area contributed by atoms with Crippen LogP contribution >= 0.6 is 11.6 Å². The van der Waals surface area contributed by atoms with Crippen molar-refractivity contribution in [3.8, 4) is 0 Å². The summed E-state index contributed by atoms with van der Waals surface area (Å²) >= 11 is 6.05. The van der Waals surface area contributed by atoms with Crippen molar-refractivity contribution in [3.63, 3.8) is 0 Å². The minimum Gasteiger partial charge on any atom is -0.390 e. The van der Waals surface area contributed by atoms with Gasteiger partial charge in [0.15, 0.2) is 0 Å². The van der Waals surface area contributed by atoms with Crippen molar-refractivity contribution in [1.29, 1.82) is 0 Å². The Morgan fingerprint density at radius 3 is 2.76 bits per heavy atom. The van der Waals surface area contributed by atoms with E-state index in [1.165, 1.54) is 0 Å². The van der Waals surface area contributed by atoms with Gasteiger partial charge in [-0.15, -0.1) is 0 Å². The first kappa shape index (κ1) is 16.5. The van der Waals surface area contributed by atoms with Gasteiger partial charge in [0.25, 0.3) is 0 Å². The molecule has 0 amide bonds. The number of piperidine rings is 1. The largest absolute Gasteiger partial charge is 0.390 e. The number of aromatic nitrogens is 1. The monoisotopic (exact) mass is 311 g/mol. The topological polar surface area (TPSA) is 39.6 Å². The van der Waals surface area contributed by atoms with E-state index in [0.717, 1.165) is 43.9 Å². The highest BCUT2D eigenvalue weighted by Gasteiger charge is 2.32. The molecule has 1 saturated heterocycles. The average Bonchev–Trinajstić information content (AvgIpc) is 2.37. The van der Waals surface area contributed by atoms with Gasteiger partial charge in [-0.1, -0.05) is 11.6 Å². The zero-order valence-electron chi connectivity index (χ0n) is 13.4. The number of aliphatic hydroxyl groups is 1. The van der Waals surface area contributed by atoms with E-state index >= 15 is 0 Å². The second-order valence-corrected chi connectivity index (χ2v) is 7.16. The molecule has 0 aromatic carbocycles. The highest BCUT2D eigenvalue weighted by molar-refractivity contribution is 6.29. The lowest BCUT2D eigenvalue weighted by atomic mass is 9.84. The van der Waals surface area contributed by atoms with Gasteiger partial charge in [0.2, 0.25) is 0 Å². The van der Waals surface area contributed by atoms with Gasteiger partial charge < -0.3 is 14.9 Å². The van der Waals surface area contributed by atoms with E-state index in [-0.39, 0.29) is 5.92 Å². The fourth-order valence-electron chi connectivity index (χ4n) is 2.94. The molecule has 4 nitrogen and oxygen atoms in total. The maximum absolute atomic E-state index is 10.3. The molecule has 1 fully saturated rings. The Balaban J connectivity index is 2.24. The number of pyridine rings is 1. The number of nitrogens with zero attached hydrogens (tertiary/aromatic N) is 3. The van der Waals surface area contributed by atoms with Crippen molar-refractivity contribution in [1.82, 2.24) is 9.88 Å². The van der Waals surface area contributed by atoms with Crippen LogP contribution in [0.25, 0.3) is 0 Å². The number of hydrogen-bond acceptors (Lipinski definition) is 4. The summed E-state index contributed by atoms with van der Waals surface area (Å²) in [6.07, 6.45) is 2.17. The van der Waals surface area contributed by atoms with Crippen molar-refractivity contribution in [3.05, 3.63) is 23.0 Å². The van der Waals surface area contributed by atoms with E-state index in [9.17, 15) is 5.11 Å². The summed E-state index contributed by atoms with van der Waals surface area (Å²) in [6, 6.07) is 3.91. The van der Waals surface area contributed by atoms with Crippen molar-refractivity contribution < 1.29 is 5.11 Å². The molecule has 1 aliphatic rings. The average molecular weight is 312 g/mol. The van der Waals surface area contributed by atoms with Crippen LogP contribution in [0.2, 0.25) is 5.15 Å². The zero-order chi connectivity index (χ0) is 15.6. The Morgan fingerprint density at radius 2 is 2.14 bits per heavy atom. The normalized spacial score (nSPS) is 20.1. The number of hydrogen-bond donors (Lipinski definition) is 1. The first-order valence-electron chi connectivity index (χ1n) is 7.55. The highest BCUT2D eigenvalue weighted by Crippen LogP contribution is 2.31. The van der Waals surface area contributed by atoms with Crippen LogP contribution in [0.4, 0.5) is 5.69 Å². The molecular formula is C16H26ClN3O. The van der Waals surface area contributed by atoms with Gasteiger partial charge in [0.05, 0.1) is 17.0 Å². The van der Waals surface area contributed by atoms with E-state index in [0.29, 0.717) is 5.15 Å². The molecule has 1 unspecified atom stereocenters. The summed E-state index contributed by atoms with van der Waals surface area (Å²) in [6.45, 7) is 6.45. The number of rotatable bonds is 4. The molecule has 0 radical (unpaired) electrons. The Labute approximate surface area is 132 Å². The molecule has 0 saturated carbocycles. The van der Waals surface area contributed by atoms with E-state index in [1.54, 1.807) is 0 Å². The van der Waals surface area contributed by atoms with Crippen LogP contribution in [0, 0.1) is 5.92 Å². The summed E-state index contributed by atoms with van der Waals surface area (Å²) in [7, 11) is 4.06. The third-order valence-electron chi connectivity index (χ3n) is 4.14. The molecule has 2 rings (SSSR count). The van der Waals surface area contributed by atoms with Gasteiger partial charge in [0.1, 0.15) is 5.15 Å².